The molecule has 170 valence electrons. The molecule has 3 aromatic heterocycles. The highest BCUT2D eigenvalue weighted by Crippen LogP contribution is 2.23. The predicted molar refractivity (Wildman–Crippen MR) is 107 cm³/mol. The largest absolute Gasteiger partial charge is 0.481 e. The van der Waals surface area contributed by atoms with E-state index in [1.165, 1.54) is 22.9 Å². The first kappa shape index (κ1) is 22.1. The average Bonchev–Trinajstić information content (AvgIpc) is 3.31. The van der Waals surface area contributed by atoms with Crippen molar-refractivity contribution in [3.63, 3.8) is 0 Å². The van der Waals surface area contributed by atoms with E-state index in [9.17, 15) is 22.4 Å². The molecule has 4 aromatic rings. The van der Waals surface area contributed by atoms with E-state index in [4.69, 9.17) is 9.15 Å². The van der Waals surface area contributed by atoms with Gasteiger partial charge in [0.25, 0.3) is 17.9 Å². The van der Waals surface area contributed by atoms with Crippen LogP contribution in [0.2, 0.25) is 0 Å². The van der Waals surface area contributed by atoms with Crippen LogP contribution in [0.3, 0.4) is 0 Å². The Morgan fingerprint density at radius 1 is 0.939 bits per heavy atom. The normalized spacial score (nSPS) is 11.3. The molecule has 0 aliphatic rings. The van der Waals surface area contributed by atoms with E-state index in [1.807, 2.05) is 0 Å². The Bertz CT molecular complexity index is 1280. The Balaban J connectivity index is 1.66. The molecule has 0 unspecified atom stereocenters. The van der Waals surface area contributed by atoms with Crippen molar-refractivity contribution in [2.24, 2.45) is 0 Å². The first-order chi connectivity index (χ1) is 15.9. The maximum absolute atomic E-state index is 13.0. The third-order valence-electron chi connectivity index (χ3n) is 4.43. The molecule has 0 spiro atoms. The van der Waals surface area contributed by atoms with Crippen LogP contribution >= 0.6 is 0 Å². The van der Waals surface area contributed by atoms with Crippen molar-refractivity contribution in [2.45, 2.75) is 19.4 Å². The van der Waals surface area contributed by atoms with Crippen molar-refractivity contribution < 1.29 is 26.7 Å². The molecular formula is C21H15F4N5O3. The van der Waals surface area contributed by atoms with Gasteiger partial charge in [0.05, 0.1) is 24.0 Å². The summed E-state index contributed by atoms with van der Waals surface area (Å²) in [6.07, 6.45) is -3.21. The standard InChI is InChI=1S/C21H15F4N5O3/c22-16(23)11-32-15-9-27-18(12-4-2-1-3-5-12)30(21(15)31)10-14-7-6-13(8-26-14)19-28-29-20(33-19)17(24)25/h1-9,16-17H,10-11H2. The van der Waals surface area contributed by atoms with Gasteiger partial charge in [-0.15, -0.1) is 10.2 Å². The van der Waals surface area contributed by atoms with Gasteiger partial charge < -0.3 is 9.15 Å². The summed E-state index contributed by atoms with van der Waals surface area (Å²) in [6, 6.07) is 11.9. The van der Waals surface area contributed by atoms with Crippen LogP contribution in [0.4, 0.5) is 17.6 Å². The number of benzene rings is 1. The molecule has 4 rings (SSSR count). The lowest BCUT2D eigenvalue weighted by Gasteiger charge is -2.14. The molecule has 3 heterocycles. The molecule has 12 heteroatoms. The molecular weight excluding hydrogens is 446 g/mol. The van der Waals surface area contributed by atoms with E-state index < -0.39 is 30.9 Å². The van der Waals surface area contributed by atoms with Crippen LogP contribution in [0.15, 0.2) is 64.1 Å². The van der Waals surface area contributed by atoms with E-state index in [1.54, 1.807) is 30.3 Å². The molecule has 0 bridgehead atoms. The fourth-order valence-corrected chi connectivity index (χ4v) is 2.94. The Hall–Kier alpha value is -4.09. The van der Waals surface area contributed by atoms with Gasteiger partial charge >= 0.3 is 6.43 Å². The summed E-state index contributed by atoms with van der Waals surface area (Å²) in [5.74, 6) is -0.971. The number of ether oxygens (including phenoxy) is 1. The molecule has 1 aromatic carbocycles. The fraction of sp³-hybridized carbons (Fsp3) is 0.190. The number of aromatic nitrogens is 5. The van der Waals surface area contributed by atoms with Crippen molar-refractivity contribution >= 4 is 0 Å². The van der Waals surface area contributed by atoms with Crippen LogP contribution in [0, 0.1) is 0 Å². The second-order valence-corrected chi connectivity index (χ2v) is 6.69. The number of hydrogen-bond donors (Lipinski definition) is 0. The summed E-state index contributed by atoms with van der Waals surface area (Å²) >= 11 is 0. The Kier molecular flexibility index (Phi) is 6.43. The zero-order chi connectivity index (χ0) is 23.4. The lowest BCUT2D eigenvalue weighted by molar-refractivity contribution is 0.0807. The van der Waals surface area contributed by atoms with Crippen LogP contribution in [0.25, 0.3) is 22.8 Å². The molecule has 0 N–H and O–H groups in total. The zero-order valence-corrected chi connectivity index (χ0v) is 16.7. The van der Waals surface area contributed by atoms with Crippen LogP contribution in [0.5, 0.6) is 5.75 Å². The first-order valence-corrected chi connectivity index (χ1v) is 9.55. The van der Waals surface area contributed by atoms with E-state index >= 15 is 0 Å². The molecule has 0 aliphatic carbocycles. The van der Waals surface area contributed by atoms with E-state index in [0.29, 0.717) is 16.8 Å². The molecule has 0 amide bonds. The van der Waals surface area contributed by atoms with Crippen LogP contribution in [-0.4, -0.2) is 37.8 Å². The van der Waals surface area contributed by atoms with Gasteiger partial charge in [0.1, 0.15) is 12.4 Å². The van der Waals surface area contributed by atoms with Gasteiger partial charge in [0.2, 0.25) is 11.6 Å². The number of halogens is 4. The molecule has 0 fully saturated rings. The van der Waals surface area contributed by atoms with E-state index in [2.05, 4.69) is 20.2 Å². The van der Waals surface area contributed by atoms with Gasteiger partial charge in [-0.05, 0) is 12.1 Å². The van der Waals surface area contributed by atoms with Crippen molar-refractivity contribution in [2.75, 3.05) is 6.61 Å². The van der Waals surface area contributed by atoms with Crippen LogP contribution in [0.1, 0.15) is 18.0 Å². The molecule has 0 saturated heterocycles. The van der Waals surface area contributed by atoms with Gasteiger partial charge in [-0.1, -0.05) is 30.3 Å². The third kappa shape index (κ3) is 5.05. The zero-order valence-electron chi connectivity index (χ0n) is 16.7. The van der Waals surface area contributed by atoms with E-state index in [-0.39, 0.29) is 24.0 Å². The summed E-state index contributed by atoms with van der Waals surface area (Å²) in [4.78, 5) is 21.4. The minimum atomic E-state index is -2.89. The molecule has 8 nitrogen and oxygen atoms in total. The van der Waals surface area contributed by atoms with Crippen molar-refractivity contribution in [1.82, 2.24) is 24.7 Å². The van der Waals surface area contributed by atoms with Crippen molar-refractivity contribution in [3.05, 3.63) is 76.8 Å². The average molecular weight is 461 g/mol. The predicted octanol–water partition coefficient (Wildman–Crippen LogP) is 3.99. The summed E-state index contributed by atoms with van der Waals surface area (Å²) in [5, 5.41) is 6.82. The molecule has 0 aliphatic heterocycles. The Labute approximate surface area is 183 Å². The van der Waals surface area contributed by atoms with Crippen molar-refractivity contribution in [3.8, 4) is 28.6 Å². The monoisotopic (exact) mass is 461 g/mol. The van der Waals surface area contributed by atoms with Gasteiger partial charge in [-0.25, -0.2) is 13.8 Å². The van der Waals surface area contributed by atoms with Crippen LogP contribution in [-0.2, 0) is 6.54 Å². The lowest BCUT2D eigenvalue weighted by atomic mass is 10.2. The number of alkyl halides is 4. The molecule has 0 saturated carbocycles. The number of hydrogen-bond acceptors (Lipinski definition) is 7. The molecule has 0 radical (unpaired) electrons. The molecule has 33 heavy (non-hydrogen) atoms. The topological polar surface area (TPSA) is 95.9 Å². The number of pyridine rings is 1. The number of nitrogens with zero attached hydrogens (tertiary/aromatic N) is 5. The maximum Gasteiger partial charge on any atom is 0.314 e. The van der Waals surface area contributed by atoms with E-state index in [0.717, 1.165) is 6.20 Å². The van der Waals surface area contributed by atoms with Crippen LogP contribution < -0.4 is 10.3 Å². The minimum absolute atomic E-state index is 0.0612. The van der Waals surface area contributed by atoms with Gasteiger partial charge in [0, 0.05) is 11.8 Å². The summed E-state index contributed by atoms with van der Waals surface area (Å²) in [6.45, 7) is -1.01. The Morgan fingerprint density at radius 3 is 2.36 bits per heavy atom. The van der Waals surface area contributed by atoms with Gasteiger partial charge in [-0.3, -0.25) is 14.3 Å². The second-order valence-electron chi connectivity index (χ2n) is 6.69. The minimum Gasteiger partial charge on any atom is -0.481 e. The smallest absolute Gasteiger partial charge is 0.314 e. The molecule has 0 atom stereocenters. The third-order valence-corrected chi connectivity index (χ3v) is 4.43. The van der Waals surface area contributed by atoms with Gasteiger partial charge in [-0.2, -0.15) is 8.78 Å². The number of rotatable bonds is 8. The highest BCUT2D eigenvalue weighted by Gasteiger charge is 2.18. The SMILES string of the molecule is O=c1c(OCC(F)F)cnc(-c2ccccc2)n1Cc1ccc(-c2nnc(C(F)F)o2)cn1. The highest BCUT2D eigenvalue weighted by atomic mass is 19.3. The Morgan fingerprint density at radius 2 is 1.73 bits per heavy atom. The second kappa shape index (κ2) is 9.59. The summed E-state index contributed by atoms with van der Waals surface area (Å²) in [5.41, 5.74) is 0.672. The maximum atomic E-state index is 13.0. The first-order valence-electron chi connectivity index (χ1n) is 9.55. The fourth-order valence-electron chi connectivity index (χ4n) is 2.94. The quantitative estimate of drug-likeness (QED) is 0.366. The lowest BCUT2D eigenvalue weighted by Crippen LogP contribution is -2.26. The summed E-state index contributed by atoms with van der Waals surface area (Å²) < 4.78 is 61.4. The van der Waals surface area contributed by atoms with Gasteiger partial charge in [0.15, 0.2) is 0 Å². The van der Waals surface area contributed by atoms with Crippen molar-refractivity contribution in [1.29, 1.82) is 0 Å². The summed E-state index contributed by atoms with van der Waals surface area (Å²) in [7, 11) is 0. The highest BCUT2D eigenvalue weighted by molar-refractivity contribution is 5.56.